The molecular weight excluding hydrogens is 451 g/mol. The Kier molecular flexibility index (Phi) is 6.43. The van der Waals surface area contributed by atoms with Crippen LogP contribution in [0.5, 0.6) is 0 Å². The molecule has 0 N–H and O–H groups in total. The van der Waals surface area contributed by atoms with Crippen molar-refractivity contribution in [3.8, 4) is 0 Å². The van der Waals surface area contributed by atoms with Crippen molar-refractivity contribution < 1.29 is 22.8 Å². The Morgan fingerprint density at radius 1 is 1.09 bits per heavy atom. The molecule has 1 saturated heterocycles. The molecule has 1 fully saturated rings. The lowest BCUT2D eigenvalue weighted by Gasteiger charge is -2.34. The Morgan fingerprint density at radius 2 is 1.73 bits per heavy atom. The number of thiazole rings is 1. The first-order chi connectivity index (χ1) is 15.6. The van der Waals surface area contributed by atoms with Gasteiger partial charge >= 0.3 is 6.18 Å². The summed E-state index contributed by atoms with van der Waals surface area (Å²) in [5, 5.41) is 0.877. The Labute approximate surface area is 193 Å². The number of hydrogen-bond donors (Lipinski definition) is 0. The van der Waals surface area contributed by atoms with Gasteiger partial charge in [0.15, 0.2) is 0 Å². The number of amides is 2. The van der Waals surface area contributed by atoms with Crippen molar-refractivity contribution in [3.63, 3.8) is 0 Å². The molecule has 1 atom stereocenters. The van der Waals surface area contributed by atoms with Crippen molar-refractivity contribution in [1.82, 2.24) is 14.8 Å². The van der Waals surface area contributed by atoms with E-state index < -0.39 is 11.7 Å². The van der Waals surface area contributed by atoms with Crippen molar-refractivity contribution >= 4 is 33.4 Å². The van der Waals surface area contributed by atoms with Crippen molar-refractivity contribution in [1.29, 1.82) is 0 Å². The topological polar surface area (TPSA) is 53.5 Å². The summed E-state index contributed by atoms with van der Waals surface area (Å²) in [6, 6.07) is 11.9. The fraction of sp³-hybridized carbons (Fsp3) is 0.375. The average Bonchev–Trinajstić information content (AvgIpc) is 3.26. The zero-order chi connectivity index (χ0) is 23.8. The molecule has 1 aliphatic rings. The molecule has 1 aliphatic heterocycles. The number of likely N-dealkylation sites (tertiary alicyclic amines) is 1. The molecule has 0 bridgehead atoms. The molecule has 0 radical (unpaired) electrons. The van der Waals surface area contributed by atoms with Gasteiger partial charge in [0.2, 0.25) is 5.91 Å². The van der Waals surface area contributed by atoms with Gasteiger partial charge in [0.25, 0.3) is 5.91 Å². The van der Waals surface area contributed by atoms with Crippen LogP contribution >= 0.6 is 11.3 Å². The first-order valence-electron chi connectivity index (χ1n) is 10.7. The van der Waals surface area contributed by atoms with Gasteiger partial charge in [0.05, 0.1) is 21.8 Å². The molecule has 9 heteroatoms. The summed E-state index contributed by atoms with van der Waals surface area (Å²) >= 11 is 1.57. The number of rotatable bonds is 4. The predicted octanol–water partition coefficient (Wildman–Crippen LogP) is 5.39. The number of para-hydroxylation sites is 1. The zero-order valence-electron chi connectivity index (χ0n) is 18.3. The minimum atomic E-state index is -4.44. The third-order valence-corrected chi connectivity index (χ3v) is 7.39. The lowest BCUT2D eigenvalue weighted by Crippen LogP contribution is -2.44. The van der Waals surface area contributed by atoms with Crippen LogP contribution in [0.15, 0.2) is 48.5 Å². The molecule has 1 unspecified atom stereocenters. The highest BCUT2D eigenvalue weighted by molar-refractivity contribution is 7.18. The van der Waals surface area contributed by atoms with E-state index in [1.807, 2.05) is 31.2 Å². The van der Waals surface area contributed by atoms with Gasteiger partial charge in [0.1, 0.15) is 5.01 Å². The quantitative estimate of drug-likeness (QED) is 0.509. The second-order valence-corrected chi connectivity index (χ2v) is 9.35. The van der Waals surface area contributed by atoms with Gasteiger partial charge in [-0.3, -0.25) is 9.59 Å². The molecule has 1 aromatic heterocycles. The molecule has 174 valence electrons. The van der Waals surface area contributed by atoms with E-state index in [4.69, 9.17) is 0 Å². The monoisotopic (exact) mass is 475 g/mol. The van der Waals surface area contributed by atoms with Crippen LogP contribution < -0.4 is 0 Å². The summed E-state index contributed by atoms with van der Waals surface area (Å²) in [6.45, 7) is 2.73. The largest absolute Gasteiger partial charge is 0.416 e. The Bertz CT molecular complexity index is 1120. The SMILES string of the molecule is CC(c1nc2ccccc2s1)N(C)C(=O)C1CCN(C(=O)c2ccc(C(F)(F)F)cc2)CC1. The summed E-state index contributed by atoms with van der Waals surface area (Å²) < 4.78 is 39.3. The standard InChI is InChI=1S/C24H24F3N3O2S/c1-15(21-28-19-5-3-4-6-20(19)33-21)29(2)22(31)17-11-13-30(14-12-17)23(32)16-7-9-18(10-8-16)24(25,26)27/h3-10,15,17H,11-14H2,1-2H3. The van der Waals surface area contributed by atoms with E-state index in [0.717, 1.165) is 27.4 Å². The molecule has 2 aromatic carbocycles. The number of halogens is 3. The minimum Gasteiger partial charge on any atom is -0.339 e. The first kappa shape index (κ1) is 23.2. The highest BCUT2D eigenvalue weighted by Gasteiger charge is 2.33. The number of aromatic nitrogens is 1. The van der Waals surface area contributed by atoms with E-state index in [2.05, 4.69) is 4.98 Å². The number of nitrogens with zero attached hydrogens (tertiary/aromatic N) is 3. The van der Waals surface area contributed by atoms with E-state index in [9.17, 15) is 22.8 Å². The van der Waals surface area contributed by atoms with Gasteiger partial charge in [-0.15, -0.1) is 11.3 Å². The van der Waals surface area contributed by atoms with Gasteiger partial charge in [0, 0.05) is 31.6 Å². The first-order valence-corrected chi connectivity index (χ1v) is 11.6. The maximum absolute atomic E-state index is 13.1. The number of benzene rings is 2. The van der Waals surface area contributed by atoms with Gasteiger partial charge in [-0.1, -0.05) is 12.1 Å². The number of piperidine rings is 1. The van der Waals surface area contributed by atoms with Crippen molar-refractivity contribution in [2.45, 2.75) is 32.0 Å². The molecule has 5 nitrogen and oxygen atoms in total. The maximum Gasteiger partial charge on any atom is 0.416 e. The van der Waals surface area contributed by atoms with Crippen LogP contribution in [0.1, 0.15) is 46.7 Å². The van der Waals surface area contributed by atoms with Gasteiger partial charge in [-0.2, -0.15) is 13.2 Å². The maximum atomic E-state index is 13.1. The molecule has 0 saturated carbocycles. The number of carbonyl (C=O) groups excluding carboxylic acids is 2. The minimum absolute atomic E-state index is 0.0170. The lowest BCUT2D eigenvalue weighted by atomic mass is 9.94. The van der Waals surface area contributed by atoms with E-state index in [1.54, 1.807) is 28.2 Å². The fourth-order valence-corrected chi connectivity index (χ4v) is 5.09. The number of alkyl halides is 3. The van der Waals surface area contributed by atoms with Crippen molar-refractivity contribution in [3.05, 3.63) is 64.7 Å². The van der Waals surface area contributed by atoms with Crippen LogP contribution in [-0.4, -0.2) is 46.7 Å². The molecular formula is C24H24F3N3O2S. The van der Waals surface area contributed by atoms with Gasteiger partial charge in [-0.05, 0) is 56.2 Å². The Balaban J connectivity index is 1.35. The molecule has 0 spiro atoms. The molecule has 3 aromatic rings. The number of fused-ring (bicyclic) bond motifs is 1. The van der Waals surface area contributed by atoms with E-state index in [-0.39, 0.29) is 29.3 Å². The Morgan fingerprint density at radius 3 is 2.33 bits per heavy atom. The molecule has 0 aliphatic carbocycles. The van der Waals surface area contributed by atoms with Crippen LogP contribution in [0, 0.1) is 5.92 Å². The lowest BCUT2D eigenvalue weighted by molar-refractivity contribution is -0.138. The van der Waals surface area contributed by atoms with Crippen LogP contribution in [0.3, 0.4) is 0 Å². The third kappa shape index (κ3) is 4.88. The molecule has 33 heavy (non-hydrogen) atoms. The van der Waals surface area contributed by atoms with Crippen molar-refractivity contribution in [2.24, 2.45) is 5.92 Å². The van der Waals surface area contributed by atoms with Crippen LogP contribution in [0.2, 0.25) is 0 Å². The van der Waals surface area contributed by atoms with E-state index in [0.29, 0.717) is 25.9 Å². The van der Waals surface area contributed by atoms with E-state index >= 15 is 0 Å². The number of carbonyl (C=O) groups is 2. The molecule has 2 heterocycles. The predicted molar refractivity (Wildman–Crippen MR) is 121 cm³/mol. The normalized spacial score (nSPS) is 16.1. The Hall–Kier alpha value is -2.94. The number of hydrogen-bond acceptors (Lipinski definition) is 4. The van der Waals surface area contributed by atoms with Crippen LogP contribution in [0.25, 0.3) is 10.2 Å². The zero-order valence-corrected chi connectivity index (χ0v) is 19.1. The highest BCUT2D eigenvalue weighted by Crippen LogP contribution is 2.32. The smallest absolute Gasteiger partial charge is 0.339 e. The van der Waals surface area contributed by atoms with Gasteiger partial charge in [-0.25, -0.2) is 4.98 Å². The molecule has 2 amide bonds. The summed E-state index contributed by atoms with van der Waals surface area (Å²) in [5.74, 6) is -0.502. The van der Waals surface area contributed by atoms with Crippen LogP contribution in [-0.2, 0) is 11.0 Å². The van der Waals surface area contributed by atoms with Gasteiger partial charge < -0.3 is 9.80 Å². The second kappa shape index (κ2) is 9.13. The molecule has 4 rings (SSSR count). The van der Waals surface area contributed by atoms with Crippen LogP contribution in [0.4, 0.5) is 13.2 Å². The summed E-state index contributed by atoms with van der Waals surface area (Å²) in [6.07, 6.45) is -3.40. The summed E-state index contributed by atoms with van der Waals surface area (Å²) in [4.78, 5) is 33.8. The average molecular weight is 476 g/mol. The summed E-state index contributed by atoms with van der Waals surface area (Å²) in [5.41, 5.74) is 0.350. The summed E-state index contributed by atoms with van der Waals surface area (Å²) in [7, 11) is 1.78. The van der Waals surface area contributed by atoms with E-state index in [1.165, 1.54) is 12.1 Å². The fourth-order valence-electron chi connectivity index (χ4n) is 4.03. The van der Waals surface area contributed by atoms with Crippen molar-refractivity contribution in [2.75, 3.05) is 20.1 Å². The third-order valence-electron chi connectivity index (χ3n) is 6.19. The second-order valence-electron chi connectivity index (χ2n) is 8.29. The highest BCUT2D eigenvalue weighted by atomic mass is 32.1.